The number of aliphatic carboxylic acids is 1. The number of benzene rings is 1. The Hall–Kier alpha value is -3.06. The Kier molecular flexibility index (Phi) is 5.61. The van der Waals surface area contributed by atoms with E-state index in [2.05, 4.69) is 10.1 Å². The quantitative estimate of drug-likeness (QED) is 0.667. The van der Waals surface area contributed by atoms with Crippen LogP contribution in [0, 0.1) is 5.82 Å². The molecule has 1 atom stereocenters. The molecule has 0 aliphatic carbocycles. The summed E-state index contributed by atoms with van der Waals surface area (Å²) in [5.41, 5.74) is 3.16. The molecule has 0 aliphatic heterocycles. The molecule has 2 N–H and O–H groups in total. The van der Waals surface area contributed by atoms with Gasteiger partial charge in [0.25, 0.3) is 0 Å². The van der Waals surface area contributed by atoms with E-state index in [1.807, 2.05) is 0 Å². The molecule has 6 nitrogen and oxygen atoms in total. The van der Waals surface area contributed by atoms with Crippen molar-refractivity contribution in [3.63, 3.8) is 0 Å². The van der Waals surface area contributed by atoms with Crippen LogP contribution in [0.1, 0.15) is 25.0 Å². The van der Waals surface area contributed by atoms with Crippen molar-refractivity contribution in [1.29, 1.82) is 0 Å². The predicted octanol–water partition coefficient (Wildman–Crippen LogP) is 3.32. The molecule has 3 aromatic rings. The number of aliphatic hydroxyl groups is 1. The Balaban J connectivity index is 2.33. The van der Waals surface area contributed by atoms with Crippen molar-refractivity contribution < 1.29 is 19.4 Å². The molecule has 1 aromatic carbocycles. The topological polar surface area (TPSA) is 88.2 Å². The van der Waals surface area contributed by atoms with Crippen molar-refractivity contribution in [2.45, 2.75) is 25.8 Å². The summed E-state index contributed by atoms with van der Waals surface area (Å²) in [5.74, 6) is -2.12. The van der Waals surface area contributed by atoms with Gasteiger partial charge in [0.05, 0.1) is 24.8 Å². The summed E-state index contributed by atoms with van der Waals surface area (Å²) in [5, 5.41) is 23.8. The molecule has 0 saturated carbocycles. The van der Waals surface area contributed by atoms with E-state index in [0.717, 1.165) is 5.56 Å². The van der Waals surface area contributed by atoms with Gasteiger partial charge in [-0.2, -0.15) is 5.10 Å². The lowest BCUT2D eigenvalue weighted by molar-refractivity contribution is -0.139. The van der Waals surface area contributed by atoms with Crippen molar-refractivity contribution in [2.24, 2.45) is 0 Å². The van der Waals surface area contributed by atoms with Crippen molar-refractivity contribution in [3.8, 4) is 22.4 Å². The number of hydrogen-bond acceptors (Lipinski definition) is 4. The van der Waals surface area contributed by atoms with Crippen LogP contribution in [0.3, 0.4) is 0 Å². The fraction of sp³-hybridized carbons (Fsp3) is 0.250. The Morgan fingerprint density at radius 2 is 1.81 bits per heavy atom. The Morgan fingerprint density at radius 1 is 1.15 bits per heavy atom. The van der Waals surface area contributed by atoms with Gasteiger partial charge in [0, 0.05) is 23.5 Å². The molecule has 0 fully saturated rings. The van der Waals surface area contributed by atoms with E-state index >= 15 is 0 Å². The third-order valence-corrected chi connectivity index (χ3v) is 4.43. The monoisotopic (exact) mass is 369 g/mol. The van der Waals surface area contributed by atoms with Gasteiger partial charge in [-0.25, -0.2) is 4.39 Å². The highest BCUT2D eigenvalue weighted by Crippen LogP contribution is 2.39. The fourth-order valence-corrected chi connectivity index (χ4v) is 3.19. The molecule has 0 aliphatic rings. The standard InChI is InChI=1S/C20H20FN3O3/c1-2-16(20(26)27)19-17(13-7-9-22-10-8-13)18(23-24(19)11-12-25)14-3-5-15(21)6-4-14/h3-10,16,25H,2,11-12H2,1H3,(H,26,27). The number of hydrogen-bond donors (Lipinski definition) is 2. The van der Waals surface area contributed by atoms with Crippen LogP contribution in [0.25, 0.3) is 22.4 Å². The maximum Gasteiger partial charge on any atom is 0.312 e. The Labute approximate surface area is 155 Å². The highest BCUT2D eigenvalue weighted by Gasteiger charge is 2.30. The summed E-state index contributed by atoms with van der Waals surface area (Å²) in [7, 11) is 0. The molecule has 27 heavy (non-hydrogen) atoms. The van der Waals surface area contributed by atoms with Gasteiger partial charge in [-0.3, -0.25) is 14.5 Å². The van der Waals surface area contributed by atoms with E-state index in [0.29, 0.717) is 28.9 Å². The number of aliphatic hydroxyl groups excluding tert-OH is 1. The zero-order chi connectivity index (χ0) is 19.4. The van der Waals surface area contributed by atoms with Crippen molar-refractivity contribution in [2.75, 3.05) is 6.61 Å². The number of rotatable bonds is 7. The highest BCUT2D eigenvalue weighted by molar-refractivity contribution is 5.87. The normalized spacial score (nSPS) is 12.1. The molecule has 2 heterocycles. The Bertz CT molecular complexity index is 924. The molecule has 0 bridgehead atoms. The van der Waals surface area contributed by atoms with Crippen LogP contribution in [-0.2, 0) is 11.3 Å². The molecule has 2 aromatic heterocycles. The maximum absolute atomic E-state index is 13.4. The first-order valence-corrected chi connectivity index (χ1v) is 8.67. The first-order chi connectivity index (χ1) is 13.1. The van der Waals surface area contributed by atoms with Crippen LogP contribution in [0.2, 0.25) is 0 Å². The average Bonchev–Trinajstić information content (AvgIpc) is 3.03. The molecule has 0 amide bonds. The smallest absolute Gasteiger partial charge is 0.312 e. The summed E-state index contributed by atoms with van der Waals surface area (Å²) < 4.78 is 14.9. The van der Waals surface area contributed by atoms with Crippen LogP contribution in [-0.4, -0.2) is 37.6 Å². The first-order valence-electron chi connectivity index (χ1n) is 8.67. The maximum atomic E-state index is 13.4. The van der Waals surface area contributed by atoms with Crippen LogP contribution in [0.15, 0.2) is 48.8 Å². The number of carboxylic acid groups (broad SMARTS) is 1. The summed E-state index contributed by atoms with van der Waals surface area (Å²) in [6.07, 6.45) is 3.62. The summed E-state index contributed by atoms with van der Waals surface area (Å²) >= 11 is 0. The fourth-order valence-electron chi connectivity index (χ4n) is 3.19. The lowest BCUT2D eigenvalue weighted by atomic mass is 9.92. The number of nitrogens with zero attached hydrogens (tertiary/aromatic N) is 3. The molecule has 0 spiro atoms. The van der Waals surface area contributed by atoms with Crippen molar-refractivity contribution >= 4 is 5.97 Å². The molecule has 0 saturated heterocycles. The van der Waals surface area contributed by atoms with Gasteiger partial charge in [-0.1, -0.05) is 6.92 Å². The number of carbonyl (C=O) groups is 1. The number of carboxylic acids is 1. The van der Waals surface area contributed by atoms with Crippen molar-refractivity contribution in [3.05, 3.63) is 60.3 Å². The van der Waals surface area contributed by atoms with E-state index in [1.54, 1.807) is 43.6 Å². The van der Waals surface area contributed by atoms with Crippen LogP contribution < -0.4 is 0 Å². The highest BCUT2D eigenvalue weighted by atomic mass is 19.1. The van der Waals surface area contributed by atoms with Crippen LogP contribution >= 0.6 is 0 Å². The summed E-state index contributed by atoms with van der Waals surface area (Å²) in [6.45, 7) is 1.78. The third kappa shape index (κ3) is 3.73. The molecule has 3 rings (SSSR count). The van der Waals surface area contributed by atoms with Crippen molar-refractivity contribution in [1.82, 2.24) is 14.8 Å². The second kappa shape index (κ2) is 8.09. The lowest BCUT2D eigenvalue weighted by Gasteiger charge is -2.15. The van der Waals surface area contributed by atoms with Crippen LogP contribution in [0.4, 0.5) is 4.39 Å². The van der Waals surface area contributed by atoms with Gasteiger partial charge in [0.1, 0.15) is 11.5 Å². The molecule has 7 heteroatoms. The summed E-state index contributed by atoms with van der Waals surface area (Å²) in [6, 6.07) is 9.46. The first kappa shape index (κ1) is 18.7. The average molecular weight is 369 g/mol. The van der Waals surface area contributed by atoms with Gasteiger partial charge < -0.3 is 10.2 Å². The molecule has 0 radical (unpaired) electrons. The van der Waals surface area contributed by atoms with Gasteiger partial charge in [-0.05, 0) is 48.4 Å². The van der Waals surface area contributed by atoms with E-state index in [-0.39, 0.29) is 19.0 Å². The van der Waals surface area contributed by atoms with Gasteiger partial charge in [0.2, 0.25) is 0 Å². The number of aromatic nitrogens is 3. The Morgan fingerprint density at radius 3 is 2.37 bits per heavy atom. The third-order valence-electron chi connectivity index (χ3n) is 4.43. The minimum atomic E-state index is -0.961. The zero-order valence-electron chi connectivity index (χ0n) is 14.8. The molecular formula is C20H20FN3O3. The zero-order valence-corrected chi connectivity index (χ0v) is 14.8. The molecule has 1 unspecified atom stereocenters. The van der Waals surface area contributed by atoms with E-state index in [9.17, 15) is 19.4 Å². The van der Waals surface area contributed by atoms with E-state index in [4.69, 9.17) is 0 Å². The number of pyridine rings is 1. The number of halogens is 1. The minimum absolute atomic E-state index is 0.165. The minimum Gasteiger partial charge on any atom is -0.481 e. The van der Waals surface area contributed by atoms with Crippen LogP contribution in [0.5, 0.6) is 0 Å². The summed E-state index contributed by atoms with van der Waals surface area (Å²) in [4.78, 5) is 15.9. The largest absolute Gasteiger partial charge is 0.481 e. The SMILES string of the molecule is CCC(C(=O)O)c1c(-c2ccncc2)c(-c2ccc(F)cc2)nn1CCO. The second-order valence-electron chi connectivity index (χ2n) is 6.10. The van der Waals surface area contributed by atoms with E-state index in [1.165, 1.54) is 16.8 Å². The molecular weight excluding hydrogens is 349 g/mol. The van der Waals surface area contributed by atoms with Gasteiger partial charge in [-0.15, -0.1) is 0 Å². The van der Waals surface area contributed by atoms with E-state index < -0.39 is 11.9 Å². The van der Waals surface area contributed by atoms with Gasteiger partial charge >= 0.3 is 5.97 Å². The van der Waals surface area contributed by atoms with Gasteiger partial charge in [0.15, 0.2) is 0 Å². The predicted molar refractivity (Wildman–Crippen MR) is 98.6 cm³/mol. The second-order valence-corrected chi connectivity index (χ2v) is 6.10. The molecule has 140 valence electrons. The lowest BCUT2D eigenvalue weighted by Crippen LogP contribution is -2.18.